The van der Waals surface area contributed by atoms with Gasteiger partial charge in [0.15, 0.2) is 0 Å². The van der Waals surface area contributed by atoms with E-state index in [1.54, 1.807) is 14.0 Å². The van der Waals surface area contributed by atoms with Crippen LogP contribution in [0.25, 0.3) is 0 Å². The van der Waals surface area contributed by atoms with Crippen LogP contribution in [0.5, 0.6) is 0 Å². The molecule has 1 atom stereocenters. The highest BCUT2D eigenvalue weighted by molar-refractivity contribution is 6.34. The number of halogens is 1. The predicted octanol–water partition coefficient (Wildman–Crippen LogP) is 1.81. The van der Waals surface area contributed by atoms with Gasteiger partial charge in [-0.25, -0.2) is 4.98 Å². The zero-order chi connectivity index (χ0) is 13.6. The Morgan fingerprint density at radius 1 is 1.67 bits per heavy atom. The number of nitriles is 1. The molecule has 5 nitrogen and oxygen atoms in total. The monoisotopic (exact) mass is 269 g/mol. The van der Waals surface area contributed by atoms with Gasteiger partial charge in [0.1, 0.15) is 16.9 Å². The topological polar surface area (TPSA) is 78.2 Å². The van der Waals surface area contributed by atoms with Gasteiger partial charge in [0, 0.05) is 32.9 Å². The van der Waals surface area contributed by atoms with E-state index in [2.05, 4.69) is 10.3 Å². The second-order valence-corrected chi connectivity index (χ2v) is 4.60. The molecular weight excluding hydrogens is 254 g/mol. The summed E-state index contributed by atoms with van der Waals surface area (Å²) in [5, 5.41) is 22.1. The number of hydrogen-bond donors (Lipinski definition) is 2. The van der Waals surface area contributed by atoms with Crippen LogP contribution in [0.1, 0.15) is 18.9 Å². The smallest absolute Gasteiger partial charge is 0.146 e. The zero-order valence-corrected chi connectivity index (χ0v) is 11.2. The number of nitrogens with one attached hydrogen (secondary N) is 1. The molecule has 0 aromatic carbocycles. The third-order valence-electron chi connectivity index (χ3n) is 2.49. The summed E-state index contributed by atoms with van der Waals surface area (Å²) >= 11 is 5.99. The Morgan fingerprint density at radius 3 is 3.00 bits per heavy atom. The van der Waals surface area contributed by atoms with Gasteiger partial charge >= 0.3 is 0 Å². The average Bonchev–Trinajstić information content (AvgIpc) is 2.35. The van der Waals surface area contributed by atoms with Gasteiger partial charge < -0.3 is 15.2 Å². The van der Waals surface area contributed by atoms with Crippen molar-refractivity contribution in [3.05, 3.63) is 22.8 Å². The van der Waals surface area contributed by atoms with Crippen molar-refractivity contribution in [1.82, 2.24) is 4.98 Å². The summed E-state index contributed by atoms with van der Waals surface area (Å²) < 4.78 is 4.92. The first-order valence-electron chi connectivity index (χ1n) is 5.50. The summed E-state index contributed by atoms with van der Waals surface area (Å²) in [6, 6.07) is 3.51. The minimum atomic E-state index is -0.927. The van der Waals surface area contributed by atoms with Crippen molar-refractivity contribution in [2.24, 2.45) is 0 Å². The van der Waals surface area contributed by atoms with Crippen molar-refractivity contribution in [3.63, 3.8) is 0 Å². The molecule has 0 bridgehead atoms. The summed E-state index contributed by atoms with van der Waals surface area (Å²) in [6.45, 7) is 2.44. The molecule has 0 saturated carbocycles. The highest BCUT2D eigenvalue weighted by Crippen LogP contribution is 2.23. The molecule has 1 rings (SSSR count). The molecule has 98 valence electrons. The fourth-order valence-corrected chi connectivity index (χ4v) is 1.56. The number of methoxy groups -OCH3 is 1. The van der Waals surface area contributed by atoms with E-state index in [9.17, 15) is 5.11 Å². The fourth-order valence-electron chi connectivity index (χ4n) is 1.34. The molecule has 0 spiro atoms. The van der Waals surface area contributed by atoms with E-state index >= 15 is 0 Å². The Kier molecular flexibility index (Phi) is 5.35. The van der Waals surface area contributed by atoms with Crippen molar-refractivity contribution in [2.45, 2.75) is 18.9 Å². The highest BCUT2D eigenvalue weighted by atomic mass is 35.5. The Bertz CT molecular complexity index is 443. The largest absolute Gasteiger partial charge is 0.388 e. The first kappa shape index (κ1) is 14.7. The molecule has 0 amide bonds. The van der Waals surface area contributed by atoms with E-state index in [1.807, 2.05) is 6.07 Å². The summed E-state index contributed by atoms with van der Waals surface area (Å²) in [6.07, 6.45) is 1.99. The van der Waals surface area contributed by atoms with Crippen molar-refractivity contribution in [3.8, 4) is 6.07 Å². The minimum Gasteiger partial charge on any atom is -0.388 e. The second kappa shape index (κ2) is 6.55. The van der Waals surface area contributed by atoms with Crippen LogP contribution in [0, 0.1) is 11.3 Å². The van der Waals surface area contributed by atoms with Crippen LogP contribution in [-0.2, 0) is 4.74 Å². The van der Waals surface area contributed by atoms with Gasteiger partial charge in [0.05, 0.1) is 11.2 Å². The van der Waals surface area contributed by atoms with E-state index < -0.39 is 5.60 Å². The van der Waals surface area contributed by atoms with Crippen LogP contribution in [0.4, 0.5) is 5.82 Å². The molecule has 2 N–H and O–H groups in total. The lowest BCUT2D eigenvalue weighted by Gasteiger charge is -2.23. The zero-order valence-electron chi connectivity index (χ0n) is 10.4. The van der Waals surface area contributed by atoms with Gasteiger partial charge in [0.25, 0.3) is 0 Å². The predicted molar refractivity (Wildman–Crippen MR) is 69.6 cm³/mol. The molecule has 0 radical (unpaired) electrons. The van der Waals surface area contributed by atoms with Gasteiger partial charge in [-0.15, -0.1) is 0 Å². The number of nitrogens with zero attached hydrogens (tertiary/aromatic N) is 2. The summed E-state index contributed by atoms with van der Waals surface area (Å²) in [7, 11) is 1.58. The maximum absolute atomic E-state index is 10.0. The van der Waals surface area contributed by atoms with E-state index in [0.29, 0.717) is 24.4 Å². The maximum Gasteiger partial charge on any atom is 0.146 e. The van der Waals surface area contributed by atoms with Gasteiger partial charge in [-0.1, -0.05) is 11.6 Å². The Morgan fingerprint density at radius 2 is 2.39 bits per heavy atom. The Labute approximate surface area is 111 Å². The van der Waals surface area contributed by atoms with E-state index in [-0.39, 0.29) is 11.6 Å². The van der Waals surface area contributed by atoms with E-state index in [0.717, 1.165) is 0 Å². The van der Waals surface area contributed by atoms with Gasteiger partial charge in [-0.2, -0.15) is 5.26 Å². The molecule has 1 unspecified atom stereocenters. The maximum atomic E-state index is 10.0. The van der Waals surface area contributed by atoms with Crippen molar-refractivity contribution in [2.75, 3.05) is 25.6 Å². The minimum absolute atomic E-state index is 0.266. The summed E-state index contributed by atoms with van der Waals surface area (Å²) in [5.74, 6) is 0.397. The fraction of sp³-hybridized carbons (Fsp3) is 0.500. The Hall–Kier alpha value is -1.35. The third kappa shape index (κ3) is 4.15. The standard InChI is InChI=1S/C12H16ClN3O2/c1-12(17,4-6-18-2)8-16-11-10(13)9(7-14)3-5-15-11/h3,5,17H,4,6,8H2,1-2H3,(H,15,16). The second-order valence-electron chi connectivity index (χ2n) is 4.23. The van der Waals surface area contributed by atoms with Crippen molar-refractivity contribution >= 4 is 17.4 Å². The lowest BCUT2D eigenvalue weighted by atomic mass is 10.0. The van der Waals surface area contributed by atoms with Crippen LogP contribution in [0.3, 0.4) is 0 Å². The molecular formula is C12H16ClN3O2. The number of anilines is 1. The molecule has 0 aliphatic rings. The van der Waals surface area contributed by atoms with Crippen molar-refractivity contribution in [1.29, 1.82) is 5.26 Å². The third-order valence-corrected chi connectivity index (χ3v) is 2.87. The van der Waals surface area contributed by atoms with Crippen LogP contribution in [0.2, 0.25) is 5.02 Å². The lowest BCUT2D eigenvalue weighted by Crippen LogP contribution is -2.35. The first-order chi connectivity index (χ1) is 8.50. The average molecular weight is 270 g/mol. The van der Waals surface area contributed by atoms with E-state index in [4.69, 9.17) is 21.6 Å². The quantitative estimate of drug-likeness (QED) is 0.823. The normalized spacial score (nSPS) is 13.7. The number of aromatic nitrogens is 1. The van der Waals surface area contributed by atoms with Crippen LogP contribution in [-0.4, -0.2) is 36.0 Å². The number of pyridine rings is 1. The molecule has 1 heterocycles. The number of ether oxygens (including phenoxy) is 1. The van der Waals surface area contributed by atoms with E-state index in [1.165, 1.54) is 12.3 Å². The van der Waals surface area contributed by atoms with Gasteiger partial charge in [-0.05, 0) is 13.0 Å². The molecule has 6 heteroatoms. The van der Waals surface area contributed by atoms with Crippen LogP contribution < -0.4 is 5.32 Å². The van der Waals surface area contributed by atoms with Crippen LogP contribution >= 0.6 is 11.6 Å². The summed E-state index contributed by atoms with van der Waals surface area (Å²) in [5.41, 5.74) is -0.574. The van der Waals surface area contributed by atoms with Crippen LogP contribution in [0.15, 0.2) is 12.3 Å². The molecule has 0 saturated heterocycles. The number of aliphatic hydroxyl groups is 1. The molecule has 1 aromatic rings. The molecule has 18 heavy (non-hydrogen) atoms. The SMILES string of the molecule is COCCC(C)(O)CNc1nccc(C#N)c1Cl. The summed E-state index contributed by atoms with van der Waals surface area (Å²) in [4.78, 5) is 4.03. The molecule has 0 fully saturated rings. The first-order valence-corrected chi connectivity index (χ1v) is 5.88. The molecule has 1 aromatic heterocycles. The van der Waals surface area contributed by atoms with Gasteiger partial charge in [0.2, 0.25) is 0 Å². The highest BCUT2D eigenvalue weighted by Gasteiger charge is 2.20. The molecule has 0 aliphatic carbocycles. The lowest BCUT2D eigenvalue weighted by molar-refractivity contribution is 0.0357. The molecule has 0 aliphatic heterocycles. The van der Waals surface area contributed by atoms with Crippen molar-refractivity contribution < 1.29 is 9.84 Å². The number of hydrogen-bond acceptors (Lipinski definition) is 5. The van der Waals surface area contributed by atoms with Gasteiger partial charge in [-0.3, -0.25) is 0 Å². The Balaban J connectivity index is 2.66. The number of rotatable bonds is 6.